The second-order valence-electron chi connectivity index (χ2n) is 6.55. The first-order chi connectivity index (χ1) is 12.4. The van der Waals surface area contributed by atoms with E-state index in [1.165, 1.54) is 12.3 Å². The van der Waals surface area contributed by atoms with Crippen LogP contribution in [0.25, 0.3) is 5.69 Å². The first-order valence-corrected chi connectivity index (χ1v) is 8.62. The van der Waals surface area contributed by atoms with Gasteiger partial charge in [-0.05, 0) is 49.6 Å². The third kappa shape index (κ3) is 4.07. The number of carbonyl (C=O) groups is 1. The van der Waals surface area contributed by atoms with Gasteiger partial charge < -0.3 is 11.1 Å². The van der Waals surface area contributed by atoms with Gasteiger partial charge >= 0.3 is 6.18 Å². The van der Waals surface area contributed by atoms with E-state index in [9.17, 15) is 18.0 Å². The van der Waals surface area contributed by atoms with Crippen molar-refractivity contribution in [2.24, 2.45) is 11.7 Å². The van der Waals surface area contributed by atoms with E-state index in [4.69, 9.17) is 5.73 Å². The molecular weight excluding hydrogens is 345 g/mol. The van der Waals surface area contributed by atoms with Gasteiger partial charge in [-0.1, -0.05) is 18.9 Å². The minimum atomic E-state index is -4.50. The van der Waals surface area contributed by atoms with Gasteiger partial charge in [0, 0.05) is 17.8 Å². The molecule has 1 aliphatic carbocycles. The van der Waals surface area contributed by atoms with Crippen molar-refractivity contribution in [3.05, 3.63) is 47.8 Å². The Balaban J connectivity index is 1.76. The Morgan fingerprint density at radius 3 is 2.73 bits per heavy atom. The molecule has 1 aromatic heterocycles. The van der Waals surface area contributed by atoms with Crippen LogP contribution in [-0.4, -0.2) is 28.3 Å². The van der Waals surface area contributed by atoms with E-state index in [-0.39, 0.29) is 17.9 Å². The average Bonchev–Trinajstić information content (AvgIpc) is 3.13. The summed E-state index contributed by atoms with van der Waals surface area (Å²) in [7, 11) is 0. The minimum absolute atomic E-state index is 0.0337. The maximum atomic E-state index is 12.7. The SMILES string of the molecule is NCC1CCCCC1NC(=O)c1cccc(-n2ccc(C(F)(F)F)n2)c1. The number of hydrogen-bond acceptors (Lipinski definition) is 3. The summed E-state index contributed by atoms with van der Waals surface area (Å²) >= 11 is 0. The van der Waals surface area contributed by atoms with Crippen LogP contribution in [0.5, 0.6) is 0 Å². The molecule has 1 aromatic carbocycles. The highest BCUT2D eigenvalue weighted by Gasteiger charge is 2.33. The summed E-state index contributed by atoms with van der Waals surface area (Å²) in [6, 6.07) is 7.33. The Morgan fingerprint density at radius 1 is 1.27 bits per heavy atom. The van der Waals surface area contributed by atoms with Crippen molar-refractivity contribution in [3.8, 4) is 5.69 Å². The average molecular weight is 366 g/mol. The topological polar surface area (TPSA) is 72.9 Å². The normalized spacial score (nSPS) is 20.8. The van der Waals surface area contributed by atoms with Crippen LogP contribution >= 0.6 is 0 Å². The molecule has 1 heterocycles. The van der Waals surface area contributed by atoms with Gasteiger partial charge in [0.1, 0.15) is 0 Å². The van der Waals surface area contributed by atoms with Crippen molar-refractivity contribution >= 4 is 5.91 Å². The third-order valence-electron chi connectivity index (χ3n) is 4.78. The van der Waals surface area contributed by atoms with Crippen LogP contribution in [0.1, 0.15) is 41.7 Å². The molecule has 0 aliphatic heterocycles. The third-order valence-corrected chi connectivity index (χ3v) is 4.78. The first kappa shape index (κ1) is 18.4. The number of amides is 1. The van der Waals surface area contributed by atoms with Crippen LogP contribution in [0, 0.1) is 5.92 Å². The number of alkyl halides is 3. The highest BCUT2D eigenvalue weighted by Crippen LogP contribution is 2.28. The van der Waals surface area contributed by atoms with Crippen LogP contribution in [-0.2, 0) is 6.18 Å². The molecule has 0 spiro atoms. The molecule has 0 radical (unpaired) electrons. The van der Waals surface area contributed by atoms with Gasteiger partial charge in [-0.15, -0.1) is 0 Å². The van der Waals surface area contributed by atoms with Crippen molar-refractivity contribution < 1.29 is 18.0 Å². The highest BCUT2D eigenvalue weighted by atomic mass is 19.4. The van der Waals surface area contributed by atoms with E-state index in [1.54, 1.807) is 18.2 Å². The maximum Gasteiger partial charge on any atom is 0.435 e. The number of nitrogens with two attached hydrogens (primary N) is 1. The fourth-order valence-corrected chi connectivity index (χ4v) is 3.34. The van der Waals surface area contributed by atoms with Crippen LogP contribution < -0.4 is 11.1 Å². The maximum absolute atomic E-state index is 12.7. The van der Waals surface area contributed by atoms with Gasteiger partial charge in [-0.25, -0.2) is 4.68 Å². The van der Waals surface area contributed by atoms with Crippen molar-refractivity contribution in [1.82, 2.24) is 15.1 Å². The Hall–Kier alpha value is -2.35. The fourth-order valence-electron chi connectivity index (χ4n) is 3.34. The lowest BCUT2D eigenvalue weighted by atomic mass is 9.84. The van der Waals surface area contributed by atoms with Crippen molar-refractivity contribution in [3.63, 3.8) is 0 Å². The molecule has 26 heavy (non-hydrogen) atoms. The zero-order valence-electron chi connectivity index (χ0n) is 14.2. The molecule has 1 fully saturated rings. The summed E-state index contributed by atoms with van der Waals surface area (Å²) < 4.78 is 39.2. The van der Waals surface area contributed by atoms with Crippen molar-refractivity contribution in [2.45, 2.75) is 37.9 Å². The number of rotatable bonds is 4. The second-order valence-corrected chi connectivity index (χ2v) is 6.55. The Labute approximate surface area is 149 Å². The smallest absolute Gasteiger partial charge is 0.349 e. The van der Waals surface area contributed by atoms with Gasteiger partial charge in [-0.2, -0.15) is 18.3 Å². The minimum Gasteiger partial charge on any atom is -0.349 e. The number of carbonyl (C=O) groups excluding carboxylic acids is 1. The summed E-state index contributed by atoms with van der Waals surface area (Å²) in [5, 5.41) is 6.55. The van der Waals surface area contributed by atoms with Gasteiger partial charge in [0.05, 0.1) is 5.69 Å². The van der Waals surface area contributed by atoms with E-state index in [2.05, 4.69) is 10.4 Å². The van der Waals surface area contributed by atoms with E-state index >= 15 is 0 Å². The predicted octanol–water partition coefficient (Wildman–Crippen LogP) is 3.14. The molecule has 1 saturated carbocycles. The van der Waals surface area contributed by atoms with Gasteiger partial charge in [-0.3, -0.25) is 4.79 Å². The number of nitrogens with zero attached hydrogens (tertiary/aromatic N) is 2. The number of hydrogen-bond donors (Lipinski definition) is 2. The largest absolute Gasteiger partial charge is 0.435 e. The lowest BCUT2D eigenvalue weighted by Crippen LogP contribution is -2.44. The standard InChI is InChI=1S/C18H21F3N4O/c19-18(20,21)16-8-9-25(24-16)14-6-3-5-12(10-14)17(26)23-15-7-2-1-4-13(15)11-22/h3,5-6,8-10,13,15H,1-2,4,7,11,22H2,(H,23,26). The number of aromatic nitrogens is 2. The molecule has 0 bridgehead atoms. The summed E-state index contributed by atoms with van der Waals surface area (Å²) in [6.07, 6.45) is 0.778. The van der Waals surface area contributed by atoms with E-state index in [1.807, 2.05) is 0 Å². The Bertz CT molecular complexity index is 772. The molecule has 3 rings (SSSR count). The zero-order chi connectivity index (χ0) is 18.7. The van der Waals surface area contributed by atoms with Crippen LogP contribution in [0.3, 0.4) is 0 Å². The van der Waals surface area contributed by atoms with Crippen LogP contribution in [0.15, 0.2) is 36.5 Å². The fraction of sp³-hybridized carbons (Fsp3) is 0.444. The van der Waals surface area contributed by atoms with Gasteiger partial charge in [0.25, 0.3) is 5.91 Å². The monoisotopic (exact) mass is 366 g/mol. The highest BCUT2D eigenvalue weighted by molar-refractivity contribution is 5.94. The number of nitrogens with one attached hydrogen (secondary N) is 1. The summed E-state index contributed by atoms with van der Waals surface area (Å²) in [6.45, 7) is 0.526. The molecule has 5 nitrogen and oxygen atoms in total. The first-order valence-electron chi connectivity index (χ1n) is 8.62. The van der Waals surface area contributed by atoms with E-state index in [0.717, 1.165) is 36.4 Å². The lowest BCUT2D eigenvalue weighted by molar-refractivity contribution is -0.141. The molecular formula is C18H21F3N4O. The Morgan fingerprint density at radius 2 is 2.04 bits per heavy atom. The molecule has 3 N–H and O–H groups in total. The quantitative estimate of drug-likeness (QED) is 0.873. The number of halogens is 3. The molecule has 1 aliphatic rings. The predicted molar refractivity (Wildman–Crippen MR) is 90.8 cm³/mol. The molecule has 0 saturated heterocycles. The Kier molecular flexibility index (Phi) is 5.31. The molecule has 2 aromatic rings. The molecule has 2 atom stereocenters. The van der Waals surface area contributed by atoms with Crippen LogP contribution in [0.4, 0.5) is 13.2 Å². The van der Waals surface area contributed by atoms with Crippen molar-refractivity contribution in [2.75, 3.05) is 6.54 Å². The summed E-state index contributed by atoms with van der Waals surface area (Å²) in [4.78, 5) is 12.6. The molecule has 8 heteroatoms. The van der Waals surface area contributed by atoms with Gasteiger partial charge in [0.2, 0.25) is 0 Å². The summed E-state index contributed by atoms with van der Waals surface area (Å²) in [5.74, 6) is 0.0109. The molecule has 140 valence electrons. The summed E-state index contributed by atoms with van der Waals surface area (Å²) in [5.41, 5.74) is 5.60. The molecule has 2 unspecified atom stereocenters. The lowest BCUT2D eigenvalue weighted by Gasteiger charge is -2.31. The number of benzene rings is 1. The van der Waals surface area contributed by atoms with E-state index < -0.39 is 11.9 Å². The second kappa shape index (κ2) is 7.49. The van der Waals surface area contributed by atoms with E-state index in [0.29, 0.717) is 17.8 Å². The van der Waals surface area contributed by atoms with Crippen LogP contribution in [0.2, 0.25) is 0 Å². The van der Waals surface area contributed by atoms with Crippen molar-refractivity contribution in [1.29, 1.82) is 0 Å². The van der Waals surface area contributed by atoms with Gasteiger partial charge in [0.15, 0.2) is 5.69 Å². The zero-order valence-corrected chi connectivity index (χ0v) is 14.2. The molecule has 1 amide bonds.